The molecule has 1 saturated heterocycles. The molecule has 0 unspecified atom stereocenters. The zero-order valence-electron chi connectivity index (χ0n) is 16.1. The monoisotopic (exact) mass is 417 g/mol. The van der Waals surface area contributed by atoms with Crippen LogP contribution in [-0.4, -0.2) is 51.1 Å². The number of amides is 1. The summed E-state index contributed by atoms with van der Waals surface area (Å²) in [6, 6.07) is 15.5. The average Bonchev–Trinajstić information content (AvgIpc) is 3.05. The van der Waals surface area contributed by atoms with Crippen molar-refractivity contribution in [3.8, 4) is 5.75 Å². The Balaban J connectivity index is 1.60. The lowest BCUT2D eigenvalue weighted by atomic mass is 10.2. The minimum Gasteiger partial charge on any atom is -0.482 e. The first-order valence-electron chi connectivity index (χ1n) is 9.27. The van der Waals surface area contributed by atoms with E-state index in [9.17, 15) is 18.0 Å². The standard InChI is InChI=1S/C21H23NO6S/c1-16-6-5-9-19(12-16)27-14-21(24)28-13-20(23)22(17-7-3-2-4-8-17)18-10-11-29(25,26)15-18/h2-9,12,18H,10-11,13-15H2,1H3/t18-/m1/s1. The third-order valence-electron chi connectivity index (χ3n) is 4.58. The molecule has 1 heterocycles. The van der Waals surface area contributed by atoms with Gasteiger partial charge in [0.2, 0.25) is 0 Å². The first-order chi connectivity index (χ1) is 13.8. The van der Waals surface area contributed by atoms with Crippen molar-refractivity contribution >= 4 is 27.4 Å². The van der Waals surface area contributed by atoms with Crippen molar-refractivity contribution in [1.29, 1.82) is 0 Å². The lowest BCUT2D eigenvalue weighted by molar-refractivity contribution is -0.149. The van der Waals surface area contributed by atoms with Gasteiger partial charge in [-0.2, -0.15) is 0 Å². The minimum absolute atomic E-state index is 0.0401. The van der Waals surface area contributed by atoms with Crippen LogP contribution in [0.5, 0.6) is 5.75 Å². The van der Waals surface area contributed by atoms with Gasteiger partial charge in [0.1, 0.15) is 5.75 Å². The molecule has 0 saturated carbocycles. The molecule has 0 N–H and O–H groups in total. The molecule has 1 aliphatic rings. The lowest BCUT2D eigenvalue weighted by Crippen LogP contribution is -2.43. The Morgan fingerprint density at radius 3 is 2.48 bits per heavy atom. The maximum absolute atomic E-state index is 12.8. The number of hydrogen-bond acceptors (Lipinski definition) is 6. The average molecular weight is 417 g/mol. The van der Waals surface area contributed by atoms with E-state index in [4.69, 9.17) is 9.47 Å². The highest BCUT2D eigenvalue weighted by molar-refractivity contribution is 7.91. The topological polar surface area (TPSA) is 90.0 Å². The predicted molar refractivity (Wildman–Crippen MR) is 109 cm³/mol. The van der Waals surface area contributed by atoms with Gasteiger partial charge in [0.25, 0.3) is 5.91 Å². The van der Waals surface area contributed by atoms with Gasteiger partial charge in [-0.25, -0.2) is 13.2 Å². The maximum atomic E-state index is 12.8. The Bertz CT molecular complexity index is 974. The fourth-order valence-electron chi connectivity index (χ4n) is 3.23. The van der Waals surface area contributed by atoms with Crippen molar-refractivity contribution < 1.29 is 27.5 Å². The fourth-order valence-corrected chi connectivity index (χ4v) is 4.93. The summed E-state index contributed by atoms with van der Waals surface area (Å²) >= 11 is 0. The summed E-state index contributed by atoms with van der Waals surface area (Å²) < 4.78 is 34.2. The smallest absolute Gasteiger partial charge is 0.344 e. The zero-order valence-corrected chi connectivity index (χ0v) is 16.9. The van der Waals surface area contributed by atoms with Gasteiger partial charge in [0, 0.05) is 5.69 Å². The summed E-state index contributed by atoms with van der Waals surface area (Å²) in [7, 11) is -3.18. The molecule has 8 heteroatoms. The van der Waals surface area contributed by atoms with Gasteiger partial charge < -0.3 is 14.4 Å². The number of carbonyl (C=O) groups is 2. The van der Waals surface area contributed by atoms with Crippen LogP contribution in [0.2, 0.25) is 0 Å². The molecular weight excluding hydrogens is 394 g/mol. The SMILES string of the molecule is Cc1cccc(OCC(=O)OCC(=O)N(c2ccccc2)[C@@H]2CCS(=O)(=O)C2)c1. The van der Waals surface area contributed by atoms with Crippen molar-refractivity contribution in [2.75, 3.05) is 29.6 Å². The van der Waals surface area contributed by atoms with E-state index >= 15 is 0 Å². The van der Waals surface area contributed by atoms with Crippen molar-refractivity contribution in [3.63, 3.8) is 0 Å². The molecule has 29 heavy (non-hydrogen) atoms. The quantitative estimate of drug-likeness (QED) is 0.641. The molecule has 7 nitrogen and oxygen atoms in total. The third kappa shape index (κ3) is 5.80. The van der Waals surface area contributed by atoms with Crippen LogP contribution in [0.3, 0.4) is 0 Å². The number of nitrogens with zero attached hydrogens (tertiary/aromatic N) is 1. The first kappa shape index (κ1) is 20.9. The van der Waals surface area contributed by atoms with E-state index in [1.807, 2.05) is 19.1 Å². The number of carbonyl (C=O) groups excluding carboxylic acids is 2. The van der Waals surface area contributed by atoms with Crippen LogP contribution < -0.4 is 9.64 Å². The molecule has 0 aliphatic carbocycles. The number of anilines is 1. The molecule has 1 amide bonds. The van der Waals surface area contributed by atoms with Crippen molar-refractivity contribution in [1.82, 2.24) is 0 Å². The molecule has 0 radical (unpaired) electrons. The van der Waals surface area contributed by atoms with Gasteiger partial charge in [-0.3, -0.25) is 4.79 Å². The Morgan fingerprint density at radius 2 is 1.83 bits per heavy atom. The predicted octanol–water partition coefficient (Wildman–Crippen LogP) is 2.14. The van der Waals surface area contributed by atoms with Gasteiger partial charge in [-0.15, -0.1) is 0 Å². The third-order valence-corrected chi connectivity index (χ3v) is 6.33. The van der Waals surface area contributed by atoms with E-state index < -0.39 is 34.4 Å². The zero-order chi connectivity index (χ0) is 20.9. The van der Waals surface area contributed by atoms with Crippen molar-refractivity contribution in [2.24, 2.45) is 0 Å². The van der Waals surface area contributed by atoms with Crippen LogP contribution in [0.15, 0.2) is 54.6 Å². The van der Waals surface area contributed by atoms with E-state index in [2.05, 4.69) is 0 Å². The summed E-state index contributed by atoms with van der Waals surface area (Å²) in [4.78, 5) is 26.2. The normalized spacial score (nSPS) is 17.5. The summed E-state index contributed by atoms with van der Waals surface area (Å²) in [5.74, 6) is -0.666. The molecule has 2 aromatic rings. The van der Waals surface area contributed by atoms with Crippen LogP contribution in [0.1, 0.15) is 12.0 Å². The number of hydrogen-bond donors (Lipinski definition) is 0. The van der Waals surface area contributed by atoms with E-state index in [0.29, 0.717) is 17.9 Å². The van der Waals surface area contributed by atoms with Crippen LogP contribution in [0.25, 0.3) is 0 Å². The molecule has 0 bridgehead atoms. The van der Waals surface area contributed by atoms with Gasteiger partial charge in [-0.05, 0) is 43.2 Å². The molecule has 1 fully saturated rings. The Labute approximate surface area is 170 Å². The molecule has 0 aromatic heterocycles. The number of benzene rings is 2. The second kappa shape index (κ2) is 9.09. The number of esters is 1. The minimum atomic E-state index is -3.18. The summed E-state index contributed by atoms with van der Waals surface area (Å²) in [5.41, 5.74) is 1.57. The Kier molecular flexibility index (Phi) is 6.53. The van der Waals surface area contributed by atoms with E-state index in [1.165, 1.54) is 4.90 Å². The van der Waals surface area contributed by atoms with Crippen LogP contribution >= 0.6 is 0 Å². The highest BCUT2D eigenvalue weighted by Gasteiger charge is 2.35. The molecule has 0 spiro atoms. The summed E-state index contributed by atoms with van der Waals surface area (Å²) in [6.45, 7) is 1.10. The molecule has 3 rings (SSSR count). The number of rotatable bonds is 7. The number of aryl methyl sites for hydroxylation is 1. The van der Waals surface area contributed by atoms with Crippen LogP contribution in [0, 0.1) is 6.92 Å². The number of sulfone groups is 1. The molecular formula is C21H23NO6S. The number of para-hydroxylation sites is 1. The highest BCUT2D eigenvalue weighted by atomic mass is 32.2. The molecule has 2 aromatic carbocycles. The number of ether oxygens (including phenoxy) is 2. The second-order valence-corrected chi connectivity index (χ2v) is 9.15. The van der Waals surface area contributed by atoms with Crippen molar-refractivity contribution in [3.05, 3.63) is 60.2 Å². The van der Waals surface area contributed by atoms with E-state index in [0.717, 1.165) is 5.56 Å². The Hall–Kier alpha value is -2.87. The maximum Gasteiger partial charge on any atom is 0.344 e. The highest BCUT2D eigenvalue weighted by Crippen LogP contribution is 2.24. The lowest BCUT2D eigenvalue weighted by Gasteiger charge is -2.28. The van der Waals surface area contributed by atoms with Gasteiger partial charge in [0.15, 0.2) is 23.1 Å². The van der Waals surface area contributed by atoms with Gasteiger partial charge in [-0.1, -0.05) is 30.3 Å². The van der Waals surface area contributed by atoms with E-state index in [1.54, 1.807) is 42.5 Å². The molecule has 1 atom stereocenters. The molecule has 154 valence electrons. The molecule has 1 aliphatic heterocycles. The van der Waals surface area contributed by atoms with Gasteiger partial charge >= 0.3 is 5.97 Å². The first-order valence-corrected chi connectivity index (χ1v) is 11.1. The van der Waals surface area contributed by atoms with Crippen LogP contribution in [0.4, 0.5) is 5.69 Å². The summed E-state index contributed by atoms with van der Waals surface area (Å²) in [5, 5.41) is 0. The van der Waals surface area contributed by atoms with Crippen LogP contribution in [-0.2, 0) is 24.2 Å². The van der Waals surface area contributed by atoms with E-state index in [-0.39, 0.29) is 18.1 Å². The largest absolute Gasteiger partial charge is 0.482 e. The fraction of sp³-hybridized carbons (Fsp3) is 0.333. The van der Waals surface area contributed by atoms with Gasteiger partial charge in [0.05, 0.1) is 17.5 Å². The second-order valence-electron chi connectivity index (χ2n) is 6.92. The van der Waals surface area contributed by atoms with Crippen molar-refractivity contribution in [2.45, 2.75) is 19.4 Å². The Morgan fingerprint density at radius 1 is 1.07 bits per heavy atom. The summed E-state index contributed by atoms with van der Waals surface area (Å²) in [6.07, 6.45) is 0.355.